The third-order valence-electron chi connectivity index (χ3n) is 10.4. The number of urea groups is 1. The summed E-state index contributed by atoms with van der Waals surface area (Å²) in [5, 5.41) is 19.4. The first-order valence-electron chi connectivity index (χ1n) is 19.7. The highest BCUT2D eigenvalue weighted by Crippen LogP contribution is 2.29. The molecule has 15 heteroatoms. The highest BCUT2D eigenvalue weighted by Gasteiger charge is 2.41. The Morgan fingerprint density at radius 3 is 2.24 bits per heavy atom. The predicted molar refractivity (Wildman–Crippen MR) is 220 cm³/mol. The number of aryl methyl sites for hydroxylation is 1. The number of aliphatic hydroxyl groups excluding tert-OH is 1. The second-order valence-electron chi connectivity index (χ2n) is 15.9. The maximum absolute atomic E-state index is 14.5. The number of benzene rings is 2. The fraction of sp³-hybridized carbons (Fsp3) is 0.512. The number of ether oxygens (including phenoxy) is 3. The first kappa shape index (κ1) is 45.3. The van der Waals surface area contributed by atoms with Crippen LogP contribution < -0.4 is 25.5 Å². The highest BCUT2D eigenvalue weighted by atomic mass is 16.5. The minimum absolute atomic E-state index is 0.105. The maximum atomic E-state index is 14.5. The lowest BCUT2D eigenvalue weighted by Crippen LogP contribution is -2.60. The summed E-state index contributed by atoms with van der Waals surface area (Å²) in [6, 6.07) is 17.6. The van der Waals surface area contributed by atoms with Gasteiger partial charge >= 0.3 is 12.1 Å². The van der Waals surface area contributed by atoms with Gasteiger partial charge in [0.1, 0.15) is 12.1 Å². The Balaban J connectivity index is 1.64. The van der Waals surface area contributed by atoms with Crippen LogP contribution >= 0.6 is 0 Å². The number of nitrogens with zero attached hydrogens (tertiary/aromatic N) is 4. The monoisotopic (exact) mass is 803 g/mol. The number of rotatable bonds is 19. The lowest BCUT2D eigenvalue weighted by atomic mass is 9.86. The molecule has 0 radical (unpaired) electrons. The Labute approximate surface area is 342 Å². The topological polar surface area (TPSA) is 175 Å². The summed E-state index contributed by atoms with van der Waals surface area (Å²) in [5.41, 5.74) is 5.40. The van der Waals surface area contributed by atoms with Gasteiger partial charge in [-0.3, -0.25) is 20.0 Å². The van der Waals surface area contributed by atoms with E-state index in [1.54, 1.807) is 26.9 Å². The summed E-state index contributed by atoms with van der Waals surface area (Å²) in [7, 11) is 4.28. The van der Waals surface area contributed by atoms with E-state index in [2.05, 4.69) is 21.0 Å². The van der Waals surface area contributed by atoms with Crippen molar-refractivity contribution in [2.45, 2.75) is 91.7 Å². The van der Waals surface area contributed by atoms with E-state index in [9.17, 15) is 24.3 Å². The minimum atomic E-state index is -1.23. The molecule has 0 unspecified atom stereocenters. The molecule has 0 spiro atoms. The van der Waals surface area contributed by atoms with E-state index in [0.29, 0.717) is 37.6 Å². The van der Waals surface area contributed by atoms with Crippen molar-refractivity contribution in [3.8, 4) is 11.5 Å². The van der Waals surface area contributed by atoms with E-state index < -0.39 is 41.6 Å². The van der Waals surface area contributed by atoms with Crippen LogP contribution in [0.1, 0.15) is 63.6 Å². The number of hydrogen-bond donors (Lipinski definition) is 4. The number of pyridine rings is 1. The molecule has 4 rings (SSSR count). The third kappa shape index (κ3) is 12.3. The molecule has 1 fully saturated rings. The van der Waals surface area contributed by atoms with Gasteiger partial charge in [-0.05, 0) is 60.1 Å². The number of hydrogen-bond acceptors (Lipinski definition) is 10. The van der Waals surface area contributed by atoms with Gasteiger partial charge in [0.15, 0.2) is 11.5 Å². The second-order valence-corrected chi connectivity index (χ2v) is 15.9. The SMILES string of the molecule is CC[C@H](C)[C@@H](C(=O)N[C@@H](Cc1ccccc1)[C@@H](O)CN(Cc1ccc(OC)c(OC)c1)NC(=O)[C@@H](NC(=O)OC)C(C)(C)C)N1CCN(Cc2cccc(C)n2)C1=O. The number of carbonyl (C=O) groups is 4. The molecule has 15 nitrogen and oxygen atoms in total. The third-order valence-corrected chi connectivity index (χ3v) is 10.4. The van der Waals surface area contributed by atoms with Gasteiger partial charge in [-0.15, -0.1) is 0 Å². The van der Waals surface area contributed by atoms with Crippen molar-refractivity contribution in [3.05, 3.63) is 89.2 Å². The molecule has 1 saturated heterocycles. The number of carbonyl (C=O) groups excluding carboxylic acids is 4. The van der Waals surface area contributed by atoms with E-state index in [0.717, 1.165) is 22.5 Å². The van der Waals surface area contributed by atoms with Crippen LogP contribution in [-0.2, 0) is 33.8 Å². The summed E-state index contributed by atoms with van der Waals surface area (Å²) in [5.74, 6) is -0.132. The molecule has 0 aliphatic carbocycles. The van der Waals surface area contributed by atoms with Gasteiger partial charge < -0.3 is 39.8 Å². The molecule has 5 atom stereocenters. The average Bonchev–Trinajstić information content (AvgIpc) is 3.54. The van der Waals surface area contributed by atoms with Crippen LogP contribution in [0.4, 0.5) is 9.59 Å². The zero-order chi connectivity index (χ0) is 42.6. The number of alkyl carbamates (subject to hydrolysis) is 1. The zero-order valence-electron chi connectivity index (χ0n) is 35.3. The van der Waals surface area contributed by atoms with E-state index in [1.165, 1.54) is 21.3 Å². The van der Waals surface area contributed by atoms with E-state index in [4.69, 9.17) is 14.2 Å². The van der Waals surface area contributed by atoms with Crippen LogP contribution in [0.25, 0.3) is 0 Å². The lowest BCUT2D eigenvalue weighted by Gasteiger charge is -2.36. The van der Waals surface area contributed by atoms with Gasteiger partial charge in [0.25, 0.3) is 5.91 Å². The Kier molecular flexibility index (Phi) is 16.3. The van der Waals surface area contributed by atoms with Crippen LogP contribution in [-0.4, -0.2) is 114 Å². The van der Waals surface area contributed by atoms with Gasteiger partial charge in [-0.1, -0.05) is 83.5 Å². The summed E-state index contributed by atoms with van der Waals surface area (Å²) in [6.45, 7) is 12.3. The summed E-state index contributed by atoms with van der Waals surface area (Å²) < 4.78 is 15.8. The smallest absolute Gasteiger partial charge is 0.407 e. The van der Waals surface area contributed by atoms with Crippen molar-refractivity contribution in [2.75, 3.05) is 41.0 Å². The summed E-state index contributed by atoms with van der Waals surface area (Å²) >= 11 is 0. The van der Waals surface area contributed by atoms with Gasteiger partial charge in [0, 0.05) is 31.9 Å². The fourth-order valence-corrected chi connectivity index (χ4v) is 7.01. The normalized spacial score (nSPS) is 15.6. The molecule has 1 aliphatic heterocycles. The number of nitrogens with one attached hydrogen (secondary N) is 3. The number of aromatic nitrogens is 1. The largest absolute Gasteiger partial charge is 0.493 e. The molecular formula is C43H61N7O8. The summed E-state index contributed by atoms with van der Waals surface area (Å²) in [4.78, 5) is 62.5. The molecule has 0 saturated carbocycles. The Hall–Kier alpha value is -5.41. The van der Waals surface area contributed by atoms with Crippen molar-refractivity contribution in [1.82, 2.24) is 35.9 Å². The van der Waals surface area contributed by atoms with Crippen molar-refractivity contribution in [3.63, 3.8) is 0 Å². The van der Waals surface area contributed by atoms with E-state index in [1.807, 2.05) is 96.1 Å². The summed E-state index contributed by atoms with van der Waals surface area (Å²) in [6.07, 6.45) is -1.11. The number of methoxy groups -OCH3 is 3. The van der Waals surface area contributed by atoms with Gasteiger partial charge in [-0.2, -0.15) is 0 Å². The molecule has 1 aliphatic rings. The molecule has 3 aromatic rings. The first-order chi connectivity index (χ1) is 27.6. The molecule has 316 valence electrons. The van der Waals surface area contributed by atoms with Crippen LogP contribution in [0, 0.1) is 18.3 Å². The van der Waals surface area contributed by atoms with Crippen molar-refractivity contribution in [2.24, 2.45) is 11.3 Å². The Bertz CT molecular complexity index is 1840. The van der Waals surface area contributed by atoms with Crippen LogP contribution in [0.3, 0.4) is 0 Å². The van der Waals surface area contributed by atoms with Crippen LogP contribution in [0.5, 0.6) is 11.5 Å². The standard InChI is InChI=1S/C43H61N7O8/c1-10-28(2)37(50-22-21-48(42(50)55)26-32-18-14-15-29(3)44-32)39(52)45-33(23-30-16-12-11-13-17-30)34(51)27-49(25-31-19-20-35(56-7)36(24-31)57-8)47-40(53)38(43(4,5)6)46-41(54)58-9/h11-20,24,28,33-34,37-38,51H,10,21-23,25-27H2,1-9H3,(H,45,52)(H,46,54)(H,47,53)/t28-,33-,34-,37-,38+/m0/s1. The number of aliphatic hydroxyl groups is 1. The molecule has 5 amide bonds. The average molecular weight is 804 g/mol. The first-order valence-corrected chi connectivity index (χ1v) is 19.7. The minimum Gasteiger partial charge on any atom is -0.493 e. The van der Waals surface area contributed by atoms with E-state index in [-0.39, 0.29) is 37.4 Å². The second kappa shape index (κ2) is 20.8. The molecule has 1 aromatic heterocycles. The zero-order valence-corrected chi connectivity index (χ0v) is 35.3. The highest BCUT2D eigenvalue weighted by molar-refractivity contribution is 5.88. The van der Waals surface area contributed by atoms with Gasteiger partial charge in [-0.25, -0.2) is 14.6 Å². The molecule has 4 N–H and O–H groups in total. The molecule has 58 heavy (non-hydrogen) atoms. The number of hydrazine groups is 1. The van der Waals surface area contributed by atoms with Crippen molar-refractivity contribution >= 4 is 23.9 Å². The van der Waals surface area contributed by atoms with Crippen LogP contribution in [0.2, 0.25) is 0 Å². The van der Waals surface area contributed by atoms with E-state index >= 15 is 0 Å². The quantitative estimate of drug-likeness (QED) is 0.127. The van der Waals surface area contributed by atoms with Gasteiger partial charge in [0.2, 0.25) is 5.91 Å². The van der Waals surface area contributed by atoms with Crippen LogP contribution in [0.15, 0.2) is 66.7 Å². The molecule has 2 aromatic carbocycles. The van der Waals surface area contributed by atoms with Crippen molar-refractivity contribution in [1.29, 1.82) is 0 Å². The maximum Gasteiger partial charge on any atom is 0.407 e. The molecule has 0 bridgehead atoms. The Morgan fingerprint density at radius 2 is 1.62 bits per heavy atom. The predicted octanol–water partition coefficient (Wildman–Crippen LogP) is 4.45. The van der Waals surface area contributed by atoms with Gasteiger partial charge in [0.05, 0.1) is 45.7 Å². The molecule has 2 heterocycles. The fourth-order valence-electron chi connectivity index (χ4n) is 7.01. The Morgan fingerprint density at radius 1 is 0.914 bits per heavy atom. The van der Waals surface area contributed by atoms with Crippen molar-refractivity contribution < 1.29 is 38.5 Å². The lowest BCUT2D eigenvalue weighted by molar-refractivity contribution is -0.132. The number of amides is 5. The molecular weight excluding hydrogens is 743 g/mol.